The van der Waals surface area contributed by atoms with Gasteiger partial charge in [0.15, 0.2) is 0 Å². The van der Waals surface area contributed by atoms with Gasteiger partial charge in [-0.05, 0) is 43.7 Å². The molecule has 0 bridgehead atoms. The van der Waals surface area contributed by atoms with Crippen molar-refractivity contribution in [2.45, 2.75) is 13.8 Å². The van der Waals surface area contributed by atoms with Crippen molar-refractivity contribution in [3.8, 4) is 0 Å². The summed E-state index contributed by atoms with van der Waals surface area (Å²) in [5.41, 5.74) is 2.78. The van der Waals surface area contributed by atoms with E-state index in [1.54, 1.807) is 19.1 Å². The molecule has 0 aliphatic rings. The third-order valence-electron chi connectivity index (χ3n) is 2.74. The summed E-state index contributed by atoms with van der Waals surface area (Å²) >= 11 is 0. The number of aryl methyl sites for hydroxylation is 2. The topological polar surface area (TPSA) is 41.1 Å². The lowest BCUT2D eigenvalue weighted by atomic mass is 10.2. The van der Waals surface area contributed by atoms with Crippen LogP contribution in [-0.4, -0.2) is 6.03 Å². The maximum absolute atomic E-state index is 13.3. The van der Waals surface area contributed by atoms with Gasteiger partial charge in [0.2, 0.25) is 0 Å². The molecule has 19 heavy (non-hydrogen) atoms. The number of anilines is 2. The number of benzene rings is 2. The van der Waals surface area contributed by atoms with Crippen LogP contribution in [0, 0.1) is 19.7 Å². The van der Waals surface area contributed by atoms with Gasteiger partial charge < -0.3 is 10.6 Å². The Hall–Kier alpha value is -2.36. The van der Waals surface area contributed by atoms with Crippen molar-refractivity contribution >= 4 is 17.4 Å². The molecular formula is C15H15FN2O. The average Bonchev–Trinajstić information content (AvgIpc) is 2.37. The summed E-state index contributed by atoms with van der Waals surface area (Å²) in [6.07, 6.45) is 0. The van der Waals surface area contributed by atoms with E-state index in [2.05, 4.69) is 10.6 Å². The first-order valence-corrected chi connectivity index (χ1v) is 5.95. The normalized spacial score (nSPS) is 10.1. The molecule has 0 aromatic heterocycles. The molecular weight excluding hydrogens is 243 g/mol. The molecule has 0 aliphatic carbocycles. The Kier molecular flexibility index (Phi) is 3.80. The zero-order valence-electron chi connectivity index (χ0n) is 10.8. The summed E-state index contributed by atoms with van der Waals surface area (Å²) in [6, 6.07) is 11.6. The Labute approximate surface area is 111 Å². The third kappa shape index (κ3) is 3.55. The molecule has 2 aromatic carbocycles. The minimum atomic E-state index is -0.396. The van der Waals surface area contributed by atoms with Crippen LogP contribution < -0.4 is 10.6 Å². The minimum Gasteiger partial charge on any atom is -0.308 e. The van der Waals surface area contributed by atoms with Crippen LogP contribution in [0.3, 0.4) is 0 Å². The number of nitrogens with one attached hydrogen (secondary N) is 2. The Morgan fingerprint density at radius 1 is 0.947 bits per heavy atom. The Balaban J connectivity index is 2.01. The number of carbonyl (C=O) groups excluding carboxylic acids is 1. The highest BCUT2D eigenvalue weighted by molar-refractivity contribution is 5.99. The number of rotatable bonds is 2. The van der Waals surface area contributed by atoms with Crippen molar-refractivity contribution in [1.29, 1.82) is 0 Å². The van der Waals surface area contributed by atoms with Gasteiger partial charge in [0, 0.05) is 11.4 Å². The van der Waals surface area contributed by atoms with Gasteiger partial charge in [-0.15, -0.1) is 0 Å². The zero-order chi connectivity index (χ0) is 13.8. The lowest BCUT2D eigenvalue weighted by molar-refractivity contribution is 0.262. The van der Waals surface area contributed by atoms with Crippen LogP contribution in [0.4, 0.5) is 20.6 Å². The Morgan fingerprint density at radius 3 is 2.16 bits per heavy atom. The van der Waals surface area contributed by atoms with Crippen molar-refractivity contribution in [2.75, 3.05) is 10.6 Å². The Bertz CT molecular complexity index is 594. The van der Waals surface area contributed by atoms with Crippen LogP contribution in [0.1, 0.15) is 11.1 Å². The molecule has 0 saturated heterocycles. The predicted molar refractivity (Wildman–Crippen MR) is 75.0 cm³/mol. The first-order valence-electron chi connectivity index (χ1n) is 5.95. The van der Waals surface area contributed by atoms with Crippen LogP contribution in [0.2, 0.25) is 0 Å². The molecule has 3 nitrogen and oxygen atoms in total. The zero-order valence-corrected chi connectivity index (χ0v) is 10.8. The number of urea groups is 1. The number of hydrogen-bond donors (Lipinski definition) is 2. The molecule has 0 spiro atoms. The molecule has 0 radical (unpaired) electrons. The largest absolute Gasteiger partial charge is 0.323 e. The van der Waals surface area contributed by atoms with E-state index in [0.717, 1.165) is 5.56 Å². The molecule has 0 fully saturated rings. The van der Waals surface area contributed by atoms with Gasteiger partial charge in [-0.3, -0.25) is 0 Å². The first-order chi connectivity index (χ1) is 9.04. The highest BCUT2D eigenvalue weighted by atomic mass is 19.1. The van der Waals surface area contributed by atoms with Gasteiger partial charge >= 0.3 is 6.03 Å². The van der Waals surface area contributed by atoms with Gasteiger partial charge in [0.25, 0.3) is 0 Å². The number of carbonyl (C=O) groups is 1. The van der Waals surface area contributed by atoms with Crippen LogP contribution >= 0.6 is 0 Å². The van der Waals surface area contributed by atoms with Crippen LogP contribution in [0.15, 0.2) is 42.5 Å². The lowest BCUT2D eigenvalue weighted by Crippen LogP contribution is -2.19. The van der Waals surface area contributed by atoms with Gasteiger partial charge in [0.1, 0.15) is 5.82 Å². The van der Waals surface area contributed by atoms with Crippen molar-refractivity contribution in [2.24, 2.45) is 0 Å². The maximum atomic E-state index is 13.3. The molecule has 0 aliphatic heterocycles. The summed E-state index contributed by atoms with van der Waals surface area (Å²) in [5.74, 6) is -0.340. The number of halogens is 1. The summed E-state index contributed by atoms with van der Waals surface area (Å²) in [7, 11) is 0. The fourth-order valence-electron chi connectivity index (χ4n) is 1.60. The summed E-state index contributed by atoms with van der Waals surface area (Å²) in [5, 5.41) is 5.26. The van der Waals surface area contributed by atoms with Crippen molar-refractivity contribution in [1.82, 2.24) is 0 Å². The molecule has 2 rings (SSSR count). The van der Waals surface area contributed by atoms with E-state index < -0.39 is 6.03 Å². The van der Waals surface area contributed by atoms with Gasteiger partial charge in [0.05, 0.1) is 0 Å². The fraction of sp³-hybridized carbons (Fsp3) is 0.133. The van der Waals surface area contributed by atoms with Gasteiger partial charge in [-0.1, -0.05) is 23.8 Å². The van der Waals surface area contributed by atoms with Crippen LogP contribution in [0.5, 0.6) is 0 Å². The van der Waals surface area contributed by atoms with Crippen molar-refractivity contribution in [3.05, 3.63) is 59.4 Å². The van der Waals surface area contributed by atoms with E-state index in [4.69, 9.17) is 0 Å². The quantitative estimate of drug-likeness (QED) is 0.837. The van der Waals surface area contributed by atoms with Gasteiger partial charge in [-0.2, -0.15) is 0 Å². The molecule has 0 saturated carbocycles. The molecule has 0 atom stereocenters. The van der Waals surface area contributed by atoms with Crippen molar-refractivity contribution < 1.29 is 9.18 Å². The average molecular weight is 258 g/mol. The Morgan fingerprint density at radius 2 is 1.53 bits per heavy atom. The fourth-order valence-corrected chi connectivity index (χ4v) is 1.60. The standard InChI is InChI=1S/C15H15FN2O/c1-10-3-6-12(7-4-10)17-15(19)18-13-8-5-11(2)14(16)9-13/h3-9H,1-2H3,(H2,17,18,19). The monoisotopic (exact) mass is 258 g/mol. The SMILES string of the molecule is Cc1ccc(NC(=O)Nc2ccc(C)c(F)c2)cc1. The van der Waals surface area contributed by atoms with E-state index in [1.165, 1.54) is 6.07 Å². The molecule has 2 N–H and O–H groups in total. The molecule has 2 amide bonds. The number of hydrogen-bond acceptors (Lipinski definition) is 1. The smallest absolute Gasteiger partial charge is 0.308 e. The van der Waals surface area contributed by atoms with E-state index >= 15 is 0 Å². The second kappa shape index (κ2) is 5.52. The maximum Gasteiger partial charge on any atom is 0.323 e. The third-order valence-corrected chi connectivity index (χ3v) is 2.74. The van der Waals surface area contributed by atoms with Crippen LogP contribution in [-0.2, 0) is 0 Å². The molecule has 4 heteroatoms. The molecule has 2 aromatic rings. The van der Waals surface area contributed by atoms with E-state index in [9.17, 15) is 9.18 Å². The van der Waals surface area contributed by atoms with Crippen molar-refractivity contribution in [3.63, 3.8) is 0 Å². The highest BCUT2D eigenvalue weighted by Gasteiger charge is 2.04. The van der Waals surface area contributed by atoms with Crippen LogP contribution in [0.25, 0.3) is 0 Å². The molecule has 0 unspecified atom stereocenters. The van der Waals surface area contributed by atoms with Gasteiger partial charge in [-0.25, -0.2) is 9.18 Å². The van der Waals surface area contributed by atoms with E-state index in [1.807, 2.05) is 31.2 Å². The lowest BCUT2D eigenvalue weighted by Gasteiger charge is -2.08. The molecule has 98 valence electrons. The predicted octanol–water partition coefficient (Wildman–Crippen LogP) is 4.09. The summed E-state index contributed by atoms with van der Waals surface area (Å²) < 4.78 is 13.3. The van der Waals surface area contributed by atoms with E-state index in [0.29, 0.717) is 16.9 Å². The second-order valence-electron chi connectivity index (χ2n) is 4.41. The second-order valence-corrected chi connectivity index (χ2v) is 4.41. The highest BCUT2D eigenvalue weighted by Crippen LogP contribution is 2.14. The summed E-state index contributed by atoms with van der Waals surface area (Å²) in [6.45, 7) is 3.64. The first kappa shape index (κ1) is 13.1. The number of amides is 2. The summed E-state index contributed by atoms with van der Waals surface area (Å²) in [4.78, 5) is 11.7. The minimum absolute atomic E-state index is 0.340. The van der Waals surface area contributed by atoms with E-state index in [-0.39, 0.29) is 5.82 Å². The molecule has 0 heterocycles.